The van der Waals surface area contributed by atoms with Crippen LogP contribution in [0.3, 0.4) is 0 Å². The number of anilines is 1. The summed E-state index contributed by atoms with van der Waals surface area (Å²) in [6, 6.07) is 11.4. The van der Waals surface area contributed by atoms with E-state index in [1.165, 1.54) is 6.07 Å². The number of hydrogen-bond acceptors (Lipinski definition) is 1. The van der Waals surface area contributed by atoms with Gasteiger partial charge in [0, 0.05) is 21.3 Å². The van der Waals surface area contributed by atoms with Gasteiger partial charge in [-0.1, -0.05) is 41.4 Å². The molecule has 0 fully saturated rings. The molecule has 0 spiro atoms. The van der Waals surface area contributed by atoms with Crippen molar-refractivity contribution >= 4 is 34.8 Å². The first-order valence-corrected chi connectivity index (χ1v) is 7.50. The number of carbonyl (C=O) groups is 1. The van der Waals surface area contributed by atoms with Crippen LogP contribution in [0.1, 0.15) is 5.56 Å². The maximum Gasteiger partial charge on any atom is 0.279 e. The highest BCUT2D eigenvalue weighted by molar-refractivity contribution is 6.35. The lowest BCUT2D eigenvalue weighted by Gasteiger charge is -2.14. The summed E-state index contributed by atoms with van der Waals surface area (Å²) < 4.78 is 13.6. The fraction of sp³-hybridized carbons (Fsp3) is 0.188. The molecule has 22 heavy (non-hydrogen) atoms. The Bertz CT molecular complexity index is 659. The summed E-state index contributed by atoms with van der Waals surface area (Å²) in [6.07, 6.45) is 0. The third kappa shape index (κ3) is 4.98. The van der Waals surface area contributed by atoms with E-state index in [-0.39, 0.29) is 18.3 Å². The van der Waals surface area contributed by atoms with Gasteiger partial charge in [0.15, 0.2) is 6.54 Å². The second-order valence-corrected chi connectivity index (χ2v) is 5.98. The number of amides is 1. The zero-order chi connectivity index (χ0) is 16.1. The summed E-state index contributed by atoms with van der Waals surface area (Å²) in [7, 11) is 1.83. The second kappa shape index (κ2) is 7.58. The smallest absolute Gasteiger partial charge is 0.279 e. The highest BCUT2D eigenvalue weighted by atomic mass is 35.5. The standard InChI is InChI=1S/C16H15Cl2FN2O/c1-21(9-11-4-2-3-5-15(11)19)10-16(22)20-14-7-12(17)6-13(18)8-14/h2-8H,9-10H2,1H3,(H,20,22)/p+1. The molecule has 6 heteroatoms. The predicted molar refractivity (Wildman–Crippen MR) is 86.9 cm³/mol. The van der Waals surface area contributed by atoms with Crippen LogP contribution in [0.4, 0.5) is 10.1 Å². The molecule has 1 unspecified atom stereocenters. The Morgan fingerprint density at radius 2 is 1.82 bits per heavy atom. The zero-order valence-electron chi connectivity index (χ0n) is 12.0. The van der Waals surface area contributed by atoms with Crippen LogP contribution in [-0.2, 0) is 11.3 Å². The van der Waals surface area contributed by atoms with Gasteiger partial charge in [0.1, 0.15) is 12.4 Å². The van der Waals surface area contributed by atoms with Gasteiger partial charge in [-0.2, -0.15) is 0 Å². The summed E-state index contributed by atoms with van der Waals surface area (Å²) in [5.41, 5.74) is 1.12. The molecule has 2 aromatic carbocycles. The molecular formula is C16H16Cl2FN2O+. The molecule has 0 aliphatic heterocycles. The van der Waals surface area contributed by atoms with E-state index in [0.717, 1.165) is 4.90 Å². The molecule has 0 aliphatic carbocycles. The highest BCUT2D eigenvalue weighted by Gasteiger charge is 2.13. The van der Waals surface area contributed by atoms with E-state index >= 15 is 0 Å². The maximum atomic E-state index is 13.6. The Balaban J connectivity index is 1.92. The summed E-state index contributed by atoms with van der Waals surface area (Å²) in [5, 5.41) is 3.64. The number of nitrogens with one attached hydrogen (secondary N) is 2. The lowest BCUT2D eigenvalue weighted by molar-refractivity contribution is -0.885. The van der Waals surface area contributed by atoms with Gasteiger partial charge in [0.25, 0.3) is 5.91 Å². The molecule has 2 N–H and O–H groups in total. The van der Waals surface area contributed by atoms with E-state index in [2.05, 4.69) is 5.32 Å². The lowest BCUT2D eigenvalue weighted by atomic mass is 10.2. The predicted octanol–water partition coefficient (Wildman–Crippen LogP) is 2.79. The van der Waals surface area contributed by atoms with Crippen molar-refractivity contribution in [2.45, 2.75) is 6.54 Å². The van der Waals surface area contributed by atoms with Crippen LogP contribution in [-0.4, -0.2) is 19.5 Å². The van der Waals surface area contributed by atoms with E-state index in [4.69, 9.17) is 23.2 Å². The molecule has 1 atom stereocenters. The normalized spacial score (nSPS) is 12.0. The second-order valence-electron chi connectivity index (χ2n) is 5.11. The van der Waals surface area contributed by atoms with Crippen molar-refractivity contribution in [1.29, 1.82) is 0 Å². The number of carbonyl (C=O) groups excluding carboxylic acids is 1. The van der Waals surface area contributed by atoms with Crippen LogP contribution in [0, 0.1) is 5.82 Å². The molecular weight excluding hydrogens is 326 g/mol. The molecule has 0 aliphatic rings. The largest absolute Gasteiger partial charge is 0.326 e. The average Bonchev–Trinajstić information content (AvgIpc) is 2.39. The molecule has 116 valence electrons. The maximum absolute atomic E-state index is 13.6. The Morgan fingerprint density at radius 3 is 2.45 bits per heavy atom. The number of hydrogen-bond donors (Lipinski definition) is 2. The van der Waals surface area contributed by atoms with E-state index in [9.17, 15) is 9.18 Å². The van der Waals surface area contributed by atoms with E-state index < -0.39 is 0 Å². The van der Waals surface area contributed by atoms with Crippen LogP contribution in [0.25, 0.3) is 0 Å². The Morgan fingerprint density at radius 1 is 1.18 bits per heavy atom. The van der Waals surface area contributed by atoms with Gasteiger partial charge in [0.05, 0.1) is 7.05 Å². The van der Waals surface area contributed by atoms with Crippen LogP contribution in [0.15, 0.2) is 42.5 Å². The third-order valence-electron chi connectivity index (χ3n) is 3.06. The first kappa shape index (κ1) is 16.7. The molecule has 2 aromatic rings. The molecule has 3 nitrogen and oxygen atoms in total. The van der Waals surface area contributed by atoms with Crippen molar-refractivity contribution in [2.24, 2.45) is 0 Å². The summed E-state index contributed by atoms with van der Waals surface area (Å²) in [6.45, 7) is 0.634. The lowest BCUT2D eigenvalue weighted by Crippen LogP contribution is -3.08. The van der Waals surface area contributed by atoms with Crippen molar-refractivity contribution in [3.8, 4) is 0 Å². The van der Waals surface area contributed by atoms with Crippen LogP contribution < -0.4 is 10.2 Å². The van der Waals surface area contributed by atoms with Gasteiger partial charge in [-0.3, -0.25) is 4.79 Å². The van der Waals surface area contributed by atoms with Gasteiger partial charge in [0.2, 0.25) is 0 Å². The van der Waals surface area contributed by atoms with Crippen molar-refractivity contribution < 1.29 is 14.1 Å². The van der Waals surface area contributed by atoms with E-state index in [1.54, 1.807) is 36.4 Å². The van der Waals surface area contributed by atoms with Crippen molar-refractivity contribution in [3.63, 3.8) is 0 Å². The number of halogens is 3. The SMILES string of the molecule is C[NH+](CC(=O)Nc1cc(Cl)cc(Cl)c1)Cc1ccccc1F. The monoisotopic (exact) mass is 341 g/mol. The Labute approximate surface area is 138 Å². The van der Waals surface area contributed by atoms with Crippen LogP contribution in [0.2, 0.25) is 10.0 Å². The topological polar surface area (TPSA) is 33.5 Å². The van der Waals surface area contributed by atoms with Gasteiger partial charge in [-0.05, 0) is 24.3 Å². The quantitative estimate of drug-likeness (QED) is 0.861. The number of rotatable bonds is 5. The molecule has 0 saturated carbocycles. The van der Waals surface area contributed by atoms with Gasteiger partial charge < -0.3 is 10.2 Å². The van der Waals surface area contributed by atoms with Gasteiger partial charge in [-0.15, -0.1) is 0 Å². The zero-order valence-corrected chi connectivity index (χ0v) is 13.5. The summed E-state index contributed by atoms with van der Waals surface area (Å²) in [5.74, 6) is -0.448. The molecule has 0 bridgehead atoms. The molecule has 2 rings (SSSR count). The summed E-state index contributed by atoms with van der Waals surface area (Å²) >= 11 is 11.8. The van der Waals surface area contributed by atoms with Crippen LogP contribution >= 0.6 is 23.2 Å². The minimum Gasteiger partial charge on any atom is -0.326 e. The number of quaternary nitrogens is 1. The van der Waals surface area contributed by atoms with Crippen molar-refractivity contribution in [1.82, 2.24) is 0 Å². The minimum absolute atomic E-state index is 0.188. The van der Waals surface area contributed by atoms with E-state index in [0.29, 0.717) is 27.8 Å². The van der Waals surface area contributed by atoms with E-state index in [1.807, 2.05) is 7.05 Å². The Hall–Kier alpha value is -1.62. The molecule has 0 heterocycles. The molecule has 1 amide bonds. The average molecular weight is 342 g/mol. The number of benzene rings is 2. The third-order valence-corrected chi connectivity index (χ3v) is 3.50. The van der Waals surface area contributed by atoms with Crippen molar-refractivity contribution in [2.75, 3.05) is 18.9 Å². The molecule has 0 aromatic heterocycles. The molecule has 0 radical (unpaired) electrons. The fourth-order valence-electron chi connectivity index (χ4n) is 2.13. The Kier molecular flexibility index (Phi) is 5.77. The highest BCUT2D eigenvalue weighted by Crippen LogP contribution is 2.22. The van der Waals surface area contributed by atoms with Crippen molar-refractivity contribution in [3.05, 3.63) is 63.9 Å². The van der Waals surface area contributed by atoms with Crippen LogP contribution in [0.5, 0.6) is 0 Å². The first-order chi connectivity index (χ1) is 10.4. The van der Waals surface area contributed by atoms with Gasteiger partial charge in [-0.25, -0.2) is 4.39 Å². The van der Waals surface area contributed by atoms with Gasteiger partial charge >= 0.3 is 0 Å². The number of likely N-dealkylation sites (N-methyl/N-ethyl adjacent to an activating group) is 1. The first-order valence-electron chi connectivity index (χ1n) is 6.74. The molecule has 0 saturated heterocycles. The summed E-state index contributed by atoms with van der Waals surface area (Å²) in [4.78, 5) is 12.9. The minimum atomic E-state index is -0.260. The fourth-order valence-corrected chi connectivity index (χ4v) is 2.66.